The first kappa shape index (κ1) is 20.4. The molecule has 0 N–H and O–H groups in total. The molecule has 0 bridgehead atoms. The highest BCUT2D eigenvalue weighted by atomic mass is 19.1. The van der Waals surface area contributed by atoms with Gasteiger partial charge in [0, 0.05) is 18.2 Å². The largest absolute Gasteiger partial charge is 0.461 e. The molecule has 1 heterocycles. The van der Waals surface area contributed by atoms with Gasteiger partial charge in [0.1, 0.15) is 18.2 Å². The summed E-state index contributed by atoms with van der Waals surface area (Å²) < 4.78 is 33.5. The second-order valence-corrected chi connectivity index (χ2v) is 6.71. The minimum absolute atomic E-state index is 0.0648. The van der Waals surface area contributed by atoms with E-state index in [1.807, 2.05) is 48.9 Å². The normalized spacial score (nSPS) is 10.8. The van der Waals surface area contributed by atoms with Crippen molar-refractivity contribution in [3.8, 4) is 5.69 Å². The molecule has 0 aliphatic carbocycles. The predicted molar refractivity (Wildman–Crippen MR) is 103 cm³/mol. The first-order valence-electron chi connectivity index (χ1n) is 9.10. The van der Waals surface area contributed by atoms with Gasteiger partial charge in [-0.2, -0.15) is 5.10 Å². The van der Waals surface area contributed by atoms with E-state index in [1.54, 1.807) is 0 Å². The fourth-order valence-corrected chi connectivity index (χ4v) is 2.93. The van der Waals surface area contributed by atoms with E-state index in [9.17, 15) is 18.4 Å². The molecule has 5 nitrogen and oxygen atoms in total. The number of rotatable bonds is 7. The topological polar surface area (TPSA) is 61.2 Å². The van der Waals surface area contributed by atoms with Gasteiger partial charge in [-0.05, 0) is 49.7 Å². The minimum Gasteiger partial charge on any atom is -0.461 e. The average molecular weight is 398 g/mol. The number of hydrogen-bond donors (Lipinski definition) is 0. The number of hydrogen-bond acceptors (Lipinski definition) is 4. The smallest absolute Gasteiger partial charge is 0.306 e. The van der Waals surface area contributed by atoms with Crippen molar-refractivity contribution in [3.05, 3.63) is 82.7 Å². The number of carbonyl (C=O) groups excluding carboxylic acids is 2. The number of carbonyl (C=O) groups is 2. The summed E-state index contributed by atoms with van der Waals surface area (Å²) in [6, 6.07) is 12.1. The summed E-state index contributed by atoms with van der Waals surface area (Å²) in [6.07, 6.45) is -0.391. The van der Waals surface area contributed by atoms with E-state index in [-0.39, 0.29) is 25.0 Å². The summed E-state index contributed by atoms with van der Waals surface area (Å²) in [5.41, 5.74) is 3.40. The van der Waals surface area contributed by atoms with E-state index >= 15 is 0 Å². The number of Topliss-reactive ketones (excluding diaryl/α,β-unsaturated/α-hetero) is 1. The van der Waals surface area contributed by atoms with Gasteiger partial charge in [0.2, 0.25) is 0 Å². The Kier molecular flexibility index (Phi) is 6.16. The van der Waals surface area contributed by atoms with Crippen LogP contribution in [0.4, 0.5) is 8.78 Å². The van der Waals surface area contributed by atoms with Gasteiger partial charge in [-0.1, -0.05) is 12.1 Å². The summed E-state index contributed by atoms with van der Waals surface area (Å²) in [6.45, 7) is 3.96. The quantitative estimate of drug-likeness (QED) is 0.435. The van der Waals surface area contributed by atoms with Crippen molar-refractivity contribution in [2.45, 2.75) is 33.3 Å². The fourth-order valence-electron chi connectivity index (χ4n) is 2.93. The van der Waals surface area contributed by atoms with Crippen LogP contribution < -0.4 is 0 Å². The molecular weight excluding hydrogens is 378 g/mol. The number of esters is 1. The maximum absolute atomic E-state index is 13.6. The van der Waals surface area contributed by atoms with Gasteiger partial charge in [-0.25, -0.2) is 13.5 Å². The number of aromatic nitrogens is 2. The van der Waals surface area contributed by atoms with Crippen LogP contribution in [0.3, 0.4) is 0 Å². The molecule has 0 fully saturated rings. The lowest BCUT2D eigenvalue weighted by molar-refractivity contribution is -0.144. The SMILES string of the molecule is Cc1cc(C)n(-c2ccc(COC(=O)CCC(=O)c3ccc(F)cc3F)cc2)n1. The van der Waals surface area contributed by atoms with E-state index in [4.69, 9.17) is 4.74 Å². The Labute approximate surface area is 166 Å². The number of nitrogens with zero attached hydrogens (tertiary/aromatic N) is 2. The van der Waals surface area contributed by atoms with E-state index < -0.39 is 23.4 Å². The third-order valence-corrected chi connectivity index (χ3v) is 4.38. The van der Waals surface area contributed by atoms with Crippen LogP contribution in [0, 0.1) is 25.5 Å². The van der Waals surface area contributed by atoms with Gasteiger partial charge in [-0.3, -0.25) is 9.59 Å². The van der Waals surface area contributed by atoms with Gasteiger partial charge in [0.15, 0.2) is 5.78 Å². The molecule has 0 amide bonds. The Balaban J connectivity index is 1.50. The van der Waals surface area contributed by atoms with Crippen LogP contribution in [0.15, 0.2) is 48.5 Å². The van der Waals surface area contributed by atoms with Gasteiger partial charge in [0.25, 0.3) is 0 Å². The van der Waals surface area contributed by atoms with Crippen molar-refractivity contribution in [3.63, 3.8) is 0 Å². The summed E-state index contributed by atoms with van der Waals surface area (Å²) in [7, 11) is 0. The molecule has 2 aromatic carbocycles. The van der Waals surface area contributed by atoms with Crippen molar-refractivity contribution in [2.24, 2.45) is 0 Å². The third-order valence-electron chi connectivity index (χ3n) is 4.38. The maximum atomic E-state index is 13.6. The van der Waals surface area contributed by atoms with Gasteiger partial charge in [-0.15, -0.1) is 0 Å². The number of halogens is 2. The second kappa shape index (κ2) is 8.77. The zero-order valence-electron chi connectivity index (χ0n) is 16.1. The zero-order chi connectivity index (χ0) is 21.0. The van der Waals surface area contributed by atoms with Crippen LogP contribution >= 0.6 is 0 Å². The fraction of sp³-hybridized carbons (Fsp3) is 0.227. The van der Waals surface area contributed by atoms with Gasteiger partial charge >= 0.3 is 5.97 Å². The van der Waals surface area contributed by atoms with Gasteiger partial charge < -0.3 is 4.74 Å². The molecule has 0 unspecified atom stereocenters. The average Bonchev–Trinajstić information content (AvgIpc) is 3.03. The number of ketones is 1. The highest BCUT2D eigenvalue weighted by Gasteiger charge is 2.15. The molecule has 0 aliphatic rings. The third kappa shape index (κ3) is 5.13. The van der Waals surface area contributed by atoms with Crippen LogP contribution in [-0.2, 0) is 16.1 Å². The van der Waals surface area contributed by atoms with Crippen molar-refractivity contribution < 1.29 is 23.1 Å². The van der Waals surface area contributed by atoms with E-state index in [2.05, 4.69) is 5.10 Å². The van der Waals surface area contributed by atoms with Crippen LogP contribution in [0.2, 0.25) is 0 Å². The monoisotopic (exact) mass is 398 g/mol. The summed E-state index contributed by atoms with van der Waals surface area (Å²) >= 11 is 0. The van der Waals surface area contributed by atoms with Crippen LogP contribution in [0.25, 0.3) is 5.69 Å². The zero-order valence-corrected chi connectivity index (χ0v) is 16.1. The molecule has 0 spiro atoms. The first-order valence-corrected chi connectivity index (χ1v) is 9.10. The van der Waals surface area contributed by atoms with Crippen LogP contribution in [0.5, 0.6) is 0 Å². The van der Waals surface area contributed by atoms with Gasteiger partial charge in [0.05, 0.1) is 23.4 Å². The molecule has 150 valence electrons. The summed E-state index contributed by atoms with van der Waals surface area (Å²) in [5, 5.41) is 4.41. The van der Waals surface area contributed by atoms with Crippen LogP contribution in [0.1, 0.15) is 40.2 Å². The van der Waals surface area contributed by atoms with Crippen LogP contribution in [-0.4, -0.2) is 21.5 Å². The van der Waals surface area contributed by atoms with E-state index in [0.29, 0.717) is 6.07 Å². The predicted octanol–water partition coefficient (Wildman–Crippen LogP) is 4.47. The molecule has 0 radical (unpaired) electrons. The van der Waals surface area contributed by atoms with E-state index in [0.717, 1.165) is 34.8 Å². The Hall–Kier alpha value is -3.35. The molecule has 0 aliphatic heterocycles. The standard InChI is InChI=1S/C22H20F2N2O3/c1-14-11-15(2)26(25-14)18-6-3-16(4-7-18)13-29-22(28)10-9-21(27)19-8-5-17(23)12-20(19)24/h3-8,11-12H,9-10,13H2,1-2H3. The minimum atomic E-state index is -0.939. The molecule has 3 aromatic rings. The molecule has 1 aromatic heterocycles. The Bertz CT molecular complexity index is 1040. The van der Waals surface area contributed by atoms with E-state index in [1.165, 1.54) is 0 Å². The highest BCUT2D eigenvalue weighted by Crippen LogP contribution is 2.15. The number of aryl methyl sites for hydroxylation is 2. The molecule has 3 rings (SSSR count). The molecule has 0 atom stereocenters. The Morgan fingerprint density at radius 3 is 2.34 bits per heavy atom. The lowest BCUT2D eigenvalue weighted by Crippen LogP contribution is -2.09. The Morgan fingerprint density at radius 1 is 1.00 bits per heavy atom. The van der Waals surface area contributed by atoms with Crippen molar-refractivity contribution in [2.75, 3.05) is 0 Å². The lowest BCUT2D eigenvalue weighted by Gasteiger charge is -2.08. The summed E-state index contributed by atoms with van der Waals surface area (Å²) in [4.78, 5) is 23.9. The van der Waals surface area contributed by atoms with Crippen molar-refractivity contribution in [1.29, 1.82) is 0 Å². The molecule has 29 heavy (non-hydrogen) atoms. The molecule has 0 saturated carbocycles. The first-order chi connectivity index (χ1) is 13.8. The Morgan fingerprint density at radius 2 is 1.72 bits per heavy atom. The lowest BCUT2D eigenvalue weighted by atomic mass is 10.1. The molecular formula is C22H20F2N2O3. The number of benzene rings is 2. The summed E-state index contributed by atoms with van der Waals surface area (Å²) in [5.74, 6) is -2.84. The van der Waals surface area contributed by atoms with Crippen molar-refractivity contribution in [1.82, 2.24) is 9.78 Å². The second-order valence-electron chi connectivity index (χ2n) is 6.71. The van der Waals surface area contributed by atoms with Crippen molar-refractivity contribution >= 4 is 11.8 Å². The maximum Gasteiger partial charge on any atom is 0.306 e. The molecule has 7 heteroatoms. The number of ether oxygens (including phenoxy) is 1. The highest BCUT2D eigenvalue weighted by molar-refractivity contribution is 5.97. The molecule has 0 saturated heterocycles.